The molecule has 2 aromatic rings. The van der Waals surface area contributed by atoms with E-state index in [2.05, 4.69) is 85.5 Å². The van der Waals surface area contributed by atoms with E-state index in [1.54, 1.807) is 0 Å². The third-order valence-corrected chi connectivity index (χ3v) is 7.01. The van der Waals surface area contributed by atoms with Crippen LogP contribution in [0.15, 0.2) is 67.3 Å². The average molecular weight is 520 g/mol. The summed E-state index contributed by atoms with van der Waals surface area (Å²) in [6, 6.07) is 19.7. The van der Waals surface area contributed by atoms with Crippen molar-refractivity contribution < 1.29 is 30.7 Å². The van der Waals surface area contributed by atoms with Crippen LogP contribution < -0.4 is 0 Å². The first kappa shape index (κ1) is 27.1. The van der Waals surface area contributed by atoms with Crippen LogP contribution >= 0.6 is 0 Å². The smallest absolute Gasteiger partial charge is 0.485 e. The first-order chi connectivity index (χ1) is 14.4. The van der Waals surface area contributed by atoms with Crippen LogP contribution in [0, 0.1) is 6.92 Å². The molecular formula is C22H26F3NO3SSe. The molecule has 0 bridgehead atoms. The number of allylic oxidation sites excluding steroid dienone is 1. The number of benzene rings is 2. The summed E-state index contributed by atoms with van der Waals surface area (Å²) in [5, 5.41) is 0. The molecule has 0 saturated carbocycles. The molecule has 0 aliphatic heterocycles. The van der Waals surface area contributed by atoms with Gasteiger partial charge in [0.2, 0.25) is 0 Å². The van der Waals surface area contributed by atoms with E-state index < -0.39 is 15.6 Å². The van der Waals surface area contributed by atoms with Gasteiger partial charge >= 0.3 is 152 Å². The van der Waals surface area contributed by atoms with Crippen molar-refractivity contribution in [1.29, 1.82) is 0 Å². The van der Waals surface area contributed by atoms with Gasteiger partial charge in [0.15, 0.2) is 10.1 Å². The Labute approximate surface area is 188 Å². The van der Waals surface area contributed by atoms with Gasteiger partial charge in [0.25, 0.3) is 0 Å². The minimum atomic E-state index is -6.09. The van der Waals surface area contributed by atoms with E-state index in [4.69, 9.17) is 13.0 Å². The maximum Gasteiger partial charge on any atom is 0.485 e. The Morgan fingerprint density at radius 1 is 1.16 bits per heavy atom. The first-order valence-electron chi connectivity index (χ1n) is 9.26. The number of hydrogen-bond acceptors (Lipinski definition) is 3. The maximum absolute atomic E-state index is 10.7. The summed E-state index contributed by atoms with van der Waals surface area (Å²) in [6.45, 7) is 7.07. The standard InChI is InChI=1S/C21H26NSe.CHF3O3S/c1-5-9-20(19-10-7-6-8-11-19)21(23-4)22(3)16-18-14-12-17(2)13-15-18;2-1(3,4)8(5,6)7/h5-8,10-15,20H,1,9,16H2,2-4H3;(H,5,6,7)/q+1;/p-1. The molecule has 1 unspecified atom stereocenters. The van der Waals surface area contributed by atoms with Crippen molar-refractivity contribution in [2.24, 2.45) is 0 Å². The number of aryl methyl sites for hydroxylation is 1. The normalized spacial score (nSPS) is 13.5. The molecule has 1 atom stereocenters. The maximum atomic E-state index is 10.7. The molecule has 0 saturated heterocycles. The Morgan fingerprint density at radius 2 is 1.68 bits per heavy atom. The third-order valence-electron chi connectivity index (χ3n) is 4.31. The molecule has 9 heteroatoms. The van der Waals surface area contributed by atoms with Crippen LogP contribution in [0.3, 0.4) is 0 Å². The second-order valence-electron chi connectivity index (χ2n) is 6.77. The van der Waals surface area contributed by atoms with Crippen molar-refractivity contribution in [2.45, 2.75) is 37.1 Å². The molecule has 2 rings (SSSR count). The van der Waals surface area contributed by atoms with Crippen molar-refractivity contribution in [1.82, 2.24) is 0 Å². The summed E-state index contributed by atoms with van der Waals surface area (Å²) in [6.07, 6.45) is 3.04. The zero-order valence-electron chi connectivity index (χ0n) is 17.6. The van der Waals surface area contributed by atoms with Gasteiger partial charge in [-0.2, -0.15) is 13.2 Å². The van der Waals surface area contributed by atoms with Crippen LogP contribution in [0.25, 0.3) is 0 Å². The molecule has 4 nitrogen and oxygen atoms in total. The fraction of sp³-hybridized carbons (Fsp3) is 0.318. The molecule has 0 spiro atoms. The SMILES string of the molecule is C=CCC(C([Se]C)=[N+](C)Cc1ccc(C)cc1)c1ccccc1.O=S(=O)([O-])C(F)(F)F. The van der Waals surface area contributed by atoms with Gasteiger partial charge in [-0.3, -0.25) is 0 Å². The molecule has 170 valence electrons. The van der Waals surface area contributed by atoms with E-state index in [-0.39, 0.29) is 0 Å². The average Bonchev–Trinajstić information content (AvgIpc) is 2.69. The van der Waals surface area contributed by atoms with Gasteiger partial charge in [0.1, 0.15) is 0 Å². The summed E-state index contributed by atoms with van der Waals surface area (Å²) >= 11 is 0.461. The van der Waals surface area contributed by atoms with E-state index in [1.807, 2.05) is 6.08 Å². The molecule has 0 N–H and O–H groups in total. The summed E-state index contributed by atoms with van der Waals surface area (Å²) in [5.41, 5.74) is -1.58. The predicted octanol–water partition coefficient (Wildman–Crippen LogP) is 4.70. The van der Waals surface area contributed by atoms with Crippen molar-refractivity contribution >= 4 is 29.7 Å². The van der Waals surface area contributed by atoms with Gasteiger partial charge in [0, 0.05) is 0 Å². The van der Waals surface area contributed by atoms with E-state index >= 15 is 0 Å². The summed E-state index contributed by atoms with van der Waals surface area (Å²) < 4.78 is 62.9. The number of hydrogen-bond donors (Lipinski definition) is 0. The fourth-order valence-electron chi connectivity index (χ4n) is 2.84. The summed E-state index contributed by atoms with van der Waals surface area (Å²) in [4.78, 5) is 0. The number of halogens is 3. The van der Waals surface area contributed by atoms with Gasteiger partial charge in [-0.05, 0) is 0 Å². The van der Waals surface area contributed by atoms with Crippen molar-refractivity contribution in [3.8, 4) is 0 Å². The van der Waals surface area contributed by atoms with Crippen LogP contribution in [0.5, 0.6) is 0 Å². The molecule has 2 aromatic carbocycles. The van der Waals surface area contributed by atoms with E-state index in [1.165, 1.54) is 21.3 Å². The third kappa shape index (κ3) is 8.99. The predicted molar refractivity (Wildman–Crippen MR) is 117 cm³/mol. The zero-order valence-corrected chi connectivity index (χ0v) is 20.1. The second kappa shape index (κ2) is 12.2. The zero-order chi connectivity index (χ0) is 23.7. The molecule has 0 aliphatic rings. The Kier molecular flexibility index (Phi) is 10.7. The summed E-state index contributed by atoms with van der Waals surface area (Å²) in [5.74, 6) is 2.75. The molecule has 0 fully saturated rings. The number of nitrogens with zero attached hydrogens (tertiary/aromatic N) is 1. The number of alkyl halides is 3. The number of rotatable bonds is 7. The minimum absolute atomic E-state index is 0.439. The Morgan fingerprint density at radius 3 is 2.10 bits per heavy atom. The molecule has 0 amide bonds. The molecule has 0 aliphatic carbocycles. The van der Waals surface area contributed by atoms with Gasteiger partial charge in [-0.15, -0.1) is 0 Å². The van der Waals surface area contributed by atoms with Crippen LogP contribution in [0.4, 0.5) is 13.2 Å². The topological polar surface area (TPSA) is 60.2 Å². The Balaban J connectivity index is 0.000000512. The Hall–Kier alpha value is -1.93. The first-order valence-corrected chi connectivity index (χ1v) is 13.2. The van der Waals surface area contributed by atoms with Crippen LogP contribution in [0.2, 0.25) is 5.82 Å². The van der Waals surface area contributed by atoms with Gasteiger partial charge in [-0.25, -0.2) is 8.42 Å². The second-order valence-corrected chi connectivity index (χ2v) is 9.88. The molecular weight excluding hydrogens is 494 g/mol. The van der Waals surface area contributed by atoms with Gasteiger partial charge in [0.05, 0.1) is 0 Å². The molecule has 0 aromatic heterocycles. The van der Waals surface area contributed by atoms with Gasteiger partial charge in [-0.1, -0.05) is 0 Å². The van der Waals surface area contributed by atoms with Crippen LogP contribution in [0.1, 0.15) is 29.0 Å². The van der Waals surface area contributed by atoms with E-state index in [9.17, 15) is 13.2 Å². The van der Waals surface area contributed by atoms with E-state index in [0.717, 1.165) is 13.0 Å². The van der Waals surface area contributed by atoms with Crippen molar-refractivity contribution in [3.05, 3.63) is 83.9 Å². The molecule has 0 heterocycles. The van der Waals surface area contributed by atoms with Crippen molar-refractivity contribution in [3.63, 3.8) is 0 Å². The van der Waals surface area contributed by atoms with Gasteiger partial charge < -0.3 is 4.55 Å². The Bertz CT molecular complexity index is 973. The molecule has 31 heavy (non-hydrogen) atoms. The molecule has 0 radical (unpaired) electrons. The summed E-state index contributed by atoms with van der Waals surface area (Å²) in [7, 11) is -3.87. The minimum Gasteiger partial charge on any atom is -0.741 e. The fourth-order valence-corrected chi connectivity index (χ4v) is 4.71. The quantitative estimate of drug-likeness (QED) is 0.133. The van der Waals surface area contributed by atoms with Crippen LogP contribution in [-0.4, -0.2) is 49.7 Å². The van der Waals surface area contributed by atoms with Crippen molar-refractivity contribution in [2.75, 3.05) is 7.05 Å². The van der Waals surface area contributed by atoms with Crippen LogP contribution in [-0.2, 0) is 16.7 Å². The monoisotopic (exact) mass is 521 g/mol. The van der Waals surface area contributed by atoms with E-state index in [0.29, 0.717) is 20.9 Å². The largest absolute Gasteiger partial charge is 0.741 e.